The first-order chi connectivity index (χ1) is 12.3. The average Bonchev–Trinajstić information content (AvgIpc) is 3.16. The minimum Gasteiger partial charge on any atom is -0.372 e. The van der Waals surface area contributed by atoms with Gasteiger partial charge in [-0.2, -0.15) is 0 Å². The van der Waals surface area contributed by atoms with Gasteiger partial charge in [0.25, 0.3) is 0 Å². The summed E-state index contributed by atoms with van der Waals surface area (Å²) in [6, 6.07) is 8.29. The van der Waals surface area contributed by atoms with E-state index in [1.54, 1.807) is 0 Å². The Morgan fingerprint density at radius 3 is 2.38 bits per heavy atom. The van der Waals surface area contributed by atoms with Crippen LogP contribution in [0.5, 0.6) is 0 Å². The van der Waals surface area contributed by atoms with Crippen LogP contribution in [-0.4, -0.2) is 51.1 Å². The molecule has 0 bridgehead atoms. The van der Waals surface area contributed by atoms with Crippen molar-refractivity contribution >= 4 is 21.6 Å². The van der Waals surface area contributed by atoms with E-state index >= 15 is 0 Å². The summed E-state index contributed by atoms with van der Waals surface area (Å²) < 4.78 is 24.9. The Balaban J connectivity index is 1.58. The van der Waals surface area contributed by atoms with Crippen molar-refractivity contribution in [2.75, 3.05) is 37.3 Å². The number of carbonyl (C=O) groups is 1. The number of benzene rings is 1. The van der Waals surface area contributed by atoms with Crippen molar-refractivity contribution in [3.8, 4) is 0 Å². The fourth-order valence-electron chi connectivity index (χ4n) is 3.82. The summed E-state index contributed by atoms with van der Waals surface area (Å²) in [5.74, 6) is -0.334. The van der Waals surface area contributed by atoms with Gasteiger partial charge in [0.2, 0.25) is 15.9 Å². The smallest absolute Gasteiger partial charge is 0.224 e. The van der Waals surface area contributed by atoms with E-state index in [-0.39, 0.29) is 24.4 Å². The SMILES string of the molecule is C[C@@H](NC(=O)[C@@H]1CCCN(S(C)(=O)=O)C1)c1ccc(N2CCCC2)cc1. The molecule has 0 aliphatic carbocycles. The third-order valence-electron chi connectivity index (χ3n) is 5.45. The zero-order chi connectivity index (χ0) is 18.7. The van der Waals surface area contributed by atoms with E-state index in [9.17, 15) is 13.2 Å². The summed E-state index contributed by atoms with van der Waals surface area (Å²) in [6.45, 7) is 5.00. The van der Waals surface area contributed by atoms with Crippen LogP contribution in [0.4, 0.5) is 5.69 Å². The minimum atomic E-state index is -3.24. The van der Waals surface area contributed by atoms with Crippen molar-refractivity contribution in [2.24, 2.45) is 5.92 Å². The topological polar surface area (TPSA) is 69.7 Å². The molecular formula is C19H29N3O3S. The third kappa shape index (κ3) is 4.57. The molecular weight excluding hydrogens is 350 g/mol. The molecule has 0 saturated carbocycles. The second-order valence-corrected chi connectivity index (χ2v) is 9.46. The molecule has 2 aliphatic rings. The Morgan fingerprint density at radius 1 is 1.12 bits per heavy atom. The van der Waals surface area contributed by atoms with Crippen LogP contribution in [0, 0.1) is 5.92 Å². The van der Waals surface area contributed by atoms with Gasteiger partial charge in [0.05, 0.1) is 18.2 Å². The number of carbonyl (C=O) groups excluding carboxylic acids is 1. The summed E-state index contributed by atoms with van der Waals surface area (Å²) in [5, 5.41) is 3.05. The van der Waals surface area contributed by atoms with E-state index in [2.05, 4.69) is 34.5 Å². The molecule has 7 heteroatoms. The molecule has 1 N–H and O–H groups in total. The average molecular weight is 380 g/mol. The standard InChI is InChI=1S/C19H29N3O3S/c1-15(16-7-9-18(10-8-16)21-11-3-4-12-21)20-19(23)17-6-5-13-22(14-17)26(2,24)25/h7-10,15,17H,3-6,11-14H2,1-2H3,(H,20,23)/t15-,17-/m1/s1. The van der Waals surface area contributed by atoms with Crippen molar-refractivity contribution in [1.82, 2.24) is 9.62 Å². The number of anilines is 1. The van der Waals surface area contributed by atoms with Crippen LogP contribution < -0.4 is 10.2 Å². The van der Waals surface area contributed by atoms with Crippen molar-refractivity contribution in [2.45, 2.75) is 38.6 Å². The molecule has 6 nitrogen and oxygen atoms in total. The lowest BCUT2D eigenvalue weighted by Gasteiger charge is -2.31. The molecule has 3 rings (SSSR count). The van der Waals surface area contributed by atoms with E-state index in [1.165, 1.54) is 29.1 Å². The van der Waals surface area contributed by atoms with Gasteiger partial charge in [-0.3, -0.25) is 4.79 Å². The number of piperidine rings is 1. The second kappa shape index (κ2) is 7.96. The Hall–Kier alpha value is -1.60. The molecule has 1 amide bonds. The van der Waals surface area contributed by atoms with E-state index in [1.807, 2.05) is 6.92 Å². The van der Waals surface area contributed by atoms with Crippen LogP contribution in [0.3, 0.4) is 0 Å². The van der Waals surface area contributed by atoms with Gasteiger partial charge in [0.15, 0.2) is 0 Å². The first-order valence-corrected chi connectivity index (χ1v) is 11.3. The maximum absolute atomic E-state index is 12.6. The predicted octanol–water partition coefficient (Wildman–Crippen LogP) is 2.14. The molecule has 0 unspecified atom stereocenters. The lowest BCUT2D eigenvalue weighted by Crippen LogP contribution is -2.45. The van der Waals surface area contributed by atoms with Crippen LogP contribution in [0.2, 0.25) is 0 Å². The van der Waals surface area contributed by atoms with Crippen molar-refractivity contribution in [1.29, 1.82) is 0 Å². The zero-order valence-electron chi connectivity index (χ0n) is 15.6. The number of hydrogen-bond acceptors (Lipinski definition) is 4. The van der Waals surface area contributed by atoms with E-state index in [4.69, 9.17) is 0 Å². The van der Waals surface area contributed by atoms with E-state index in [0.717, 1.165) is 31.5 Å². The number of nitrogens with zero attached hydrogens (tertiary/aromatic N) is 2. The summed E-state index contributed by atoms with van der Waals surface area (Å²) in [6.07, 6.45) is 5.17. The molecule has 144 valence electrons. The highest BCUT2D eigenvalue weighted by molar-refractivity contribution is 7.88. The Labute approximate surface area is 156 Å². The van der Waals surface area contributed by atoms with E-state index < -0.39 is 10.0 Å². The maximum atomic E-state index is 12.6. The van der Waals surface area contributed by atoms with Gasteiger partial charge in [-0.1, -0.05) is 12.1 Å². The number of rotatable bonds is 5. The fraction of sp³-hybridized carbons (Fsp3) is 0.632. The summed E-state index contributed by atoms with van der Waals surface area (Å²) in [5.41, 5.74) is 2.30. The number of hydrogen-bond donors (Lipinski definition) is 1. The molecule has 1 aromatic carbocycles. The van der Waals surface area contributed by atoms with Crippen molar-refractivity contribution in [3.05, 3.63) is 29.8 Å². The number of amides is 1. The second-order valence-electron chi connectivity index (χ2n) is 7.48. The van der Waals surface area contributed by atoms with Gasteiger partial charge in [0, 0.05) is 31.9 Å². The Bertz CT molecular complexity index is 727. The molecule has 1 aromatic rings. The van der Waals surface area contributed by atoms with Crippen LogP contribution in [-0.2, 0) is 14.8 Å². The zero-order valence-corrected chi connectivity index (χ0v) is 16.5. The van der Waals surface area contributed by atoms with Crippen LogP contribution in [0.15, 0.2) is 24.3 Å². The van der Waals surface area contributed by atoms with Crippen molar-refractivity contribution < 1.29 is 13.2 Å². The lowest BCUT2D eigenvalue weighted by molar-refractivity contribution is -0.126. The van der Waals surface area contributed by atoms with Crippen molar-refractivity contribution in [3.63, 3.8) is 0 Å². The van der Waals surface area contributed by atoms with Crippen LogP contribution >= 0.6 is 0 Å². The predicted molar refractivity (Wildman–Crippen MR) is 104 cm³/mol. The first-order valence-electron chi connectivity index (χ1n) is 9.45. The molecule has 2 saturated heterocycles. The number of sulfonamides is 1. The molecule has 26 heavy (non-hydrogen) atoms. The summed E-state index contributed by atoms with van der Waals surface area (Å²) >= 11 is 0. The minimum absolute atomic E-state index is 0.0607. The lowest BCUT2D eigenvalue weighted by atomic mass is 9.98. The Kier molecular flexibility index (Phi) is 5.87. The molecule has 0 radical (unpaired) electrons. The summed E-state index contributed by atoms with van der Waals surface area (Å²) in [7, 11) is -3.24. The monoisotopic (exact) mass is 379 g/mol. The fourth-order valence-corrected chi connectivity index (χ4v) is 4.73. The molecule has 2 heterocycles. The van der Waals surface area contributed by atoms with Gasteiger partial charge < -0.3 is 10.2 Å². The van der Waals surface area contributed by atoms with Gasteiger partial charge >= 0.3 is 0 Å². The maximum Gasteiger partial charge on any atom is 0.224 e. The normalized spacial score (nSPS) is 23.0. The highest BCUT2D eigenvalue weighted by Crippen LogP contribution is 2.24. The van der Waals surface area contributed by atoms with E-state index in [0.29, 0.717) is 6.54 Å². The van der Waals surface area contributed by atoms with Crippen LogP contribution in [0.25, 0.3) is 0 Å². The Morgan fingerprint density at radius 2 is 1.77 bits per heavy atom. The largest absolute Gasteiger partial charge is 0.372 e. The highest BCUT2D eigenvalue weighted by Gasteiger charge is 2.30. The van der Waals surface area contributed by atoms with Gasteiger partial charge in [-0.25, -0.2) is 12.7 Å². The molecule has 2 atom stereocenters. The van der Waals surface area contributed by atoms with Gasteiger partial charge in [-0.15, -0.1) is 0 Å². The molecule has 0 aromatic heterocycles. The van der Waals surface area contributed by atoms with Gasteiger partial charge in [0.1, 0.15) is 0 Å². The first kappa shape index (κ1) is 19.2. The molecule has 2 fully saturated rings. The van der Waals surface area contributed by atoms with Crippen LogP contribution in [0.1, 0.15) is 44.2 Å². The quantitative estimate of drug-likeness (QED) is 0.851. The third-order valence-corrected chi connectivity index (χ3v) is 6.72. The van der Waals surface area contributed by atoms with Gasteiger partial charge in [-0.05, 0) is 50.3 Å². The number of nitrogens with one attached hydrogen (secondary N) is 1. The molecule has 0 spiro atoms. The molecule has 2 aliphatic heterocycles. The highest BCUT2D eigenvalue weighted by atomic mass is 32.2. The summed E-state index contributed by atoms with van der Waals surface area (Å²) in [4.78, 5) is 15.0.